The smallest absolute Gasteiger partial charge is 0.374 e. The molecule has 0 unspecified atom stereocenters. The van der Waals surface area contributed by atoms with Gasteiger partial charge in [0.15, 0.2) is 0 Å². The summed E-state index contributed by atoms with van der Waals surface area (Å²) in [5, 5.41) is 1.51. The second kappa shape index (κ2) is 15.8. The average molecular weight is 675 g/mol. The highest BCUT2D eigenvalue weighted by Crippen LogP contribution is 2.29. The van der Waals surface area contributed by atoms with Crippen LogP contribution in [-0.2, 0) is 39.6 Å². The molecule has 0 fully saturated rings. The summed E-state index contributed by atoms with van der Waals surface area (Å²) in [6.45, 7) is 13.9. The van der Waals surface area contributed by atoms with Crippen molar-refractivity contribution >= 4 is 49.9 Å². The fourth-order valence-corrected chi connectivity index (χ4v) is 11.5. The molecular formula is C32H46N2O10Si2. The summed E-state index contributed by atoms with van der Waals surface area (Å²) < 4.78 is 38.0. The van der Waals surface area contributed by atoms with Crippen molar-refractivity contribution in [3.05, 3.63) is 65.7 Å². The molecule has 0 aliphatic rings. The predicted molar refractivity (Wildman–Crippen MR) is 183 cm³/mol. The number of aromatic nitrogens is 2. The van der Waals surface area contributed by atoms with Gasteiger partial charge in [-0.05, 0) is 78.6 Å². The van der Waals surface area contributed by atoms with Gasteiger partial charge in [-0.1, -0.05) is 0 Å². The summed E-state index contributed by atoms with van der Waals surface area (Å²) in [5.74, 6) is 0. The largest absolute Gasteiger partial charge is 0.500 e. The van der Waals surface area contributed by atoms with Gasteiger partial charge in [-0.15, -0.1) is 0 Å². The highest BCUT2D eigenvalue weighted by Gasteiger charge is 2.40. The van der Waals surface area contributed by atoms with Crippen molar-refractivity contribution in [3.8, 4) is 0 Å². The van der Waals surface area contributed by atoms with Gasteiger partial charge in [-0.2, -0.15) is 0 Å². The number of hydrogen-bond donors (Lipinski definition) is 0. The molecule has 0 N–H and O–H groups in total. The van der Waals surface area contributed by atoms with Gasteiger partial charge in [-0.3, -0.25) is 28.3 Å². The molecule has 0 saturated carbocycles. The number of fused-ring (bicyclic) bond motifs is 6. The Morgan fingerprint density at radius 1 is 0.457 bits per heavy atom. The van der Waals surface area contributed by atoms with E-state index < -0.39 is 39.8 Å². The summed E-state index contributed by atoms with van der Waals surface area (Å²) in [4.78, 5) is 55.7. The van der Waals surface area contributed by atoms with E-state index >= 15 is 0 Å². The third-order valence-electron chi connectivity index (χ3n) is 7.98. The first-order valence-corrected chi connectivity index (χ1v) is 20.2. The molecule has 4 aromatic heterocycles. The maximum atomic E-state index is 13.9. The molecule has 4 heterocycles. The van der Waals surface area contributed by atoms with Crippen molar-refractivity contribution in [2.45, 2.75) is 79.6 Å². The van der Waals surface area contributed by atoms with Gasteiger partial charge in [-0.25, -0.2) is 0 Å². The van der Waals surface area contributed by atoms with E-state index in [1.54, 1.807) is 24.3 Å². The first-order chi connectivity index (χ1) is 22.2. The van der Waals surface area contributed by atoms with Crippen LogP contribution in [0.3, 0.4) is 0 Å². The van der Waals surface area contributed by atoms with Crippen LogP contribution in [0.1, 0.15) is 54.4 Å². The molecule has 14 heteroatoms. The minimum atomic E-state index is -2.99. The van der Waals surface area contributed by atoms with Crippen LogP contribution in [0, 0.1) is 0 Å². The monoisotopic (exact) mass is 674 g/mol. The summed E-state index contributed by atoms with van der Waals surface area (Å²) in [6.07, 6.45) is 0.810. The van der Waals surface area contributed by atoms with Crippen LogP contribution in [0.5, 0.6) is 0 Å². The van der Waals surface area contributed by atoms with Crippen LogP contribution >= 0.6 is 0 Å². The molecule has 0 aliphatic heterocycles. The number of rotatable bonds is 20. The molecule has 46 heavy (non-hydrogen) atoms. The normalized spacial score (nSPS) is 12.7. The van der Waals surface area contributed by atoms with E-state index in [-0.39, 0.29) is 34.6 Å². The molecule has 252 valence electrons. The van der Waals surface area contributed by atoms with Crippen LogP contribution < -0.4 is 22.2 Å². The fraction of sp³-hybridized carbons (Fsp3) is 0.562. The Hall–Kier alpha value is -2.83. The lowest BCUT2D eigenvalue weighted by Gasteiger charge is -2.28. The van der Waals surface area contributed by atoms with Gasteiger partial charge in [0.05, 0.1) is 0 Å². The SMILES string of the molecule is CCO[Si](CCCn1c(=O)c2ccc(c1=O)c1c3ccc(c(=O)n(CCC[Si](OCC)(OCC)OCC)c3=O)c21)(OCC)OCC. The van der Waals surface area contributed by atoms with Gasteiger partial charge < -0.3 is 26.6 Å². The third-order valence-corrected chi connectivity index (χ3v) is 14.3. The van der Waals surface area contributed by atoms with E-state index in [4.69, 9.17) is 26.6 Å². The molecule has 4 bridgehead atoms. The molecule has 0 aliphatic carbocycles. The van der Waals surface area contributed by atoms with Crippen molar-refractivity contribution in [3.63, 3.8) is 0 Å². The van der Waals surface area contributed by atoms with Crippen LogP contribution in [0.15, 0.2) is 43.4 Å². The van der Waals surface area contributed by atoms with E-state index in [1.807, 2.05) is 41.5 Å². The van der Waals surface area contributed by atoms with E-state index in [1.165, 1.54) is 9.13 Å². The summed E-state index contributed by atoms with van der Waals surface area (Å²) in [5.41, 5.74) is -2.06. The molecule has 6 rings (SSSR count). The molecule has 0 amide bonds. The van der Waals surface area contributed by atoms with Gasteiger partial charge in [0, 0.05) is 97.1 Å². The first-order valence-electron chi connectivity index (χ1n) is 16.3. The molecule has 0 saturated heterocycles. The van der Waals surface area contributed by atoms with Crippen LogP contribution in [0.2, 0.25) is 12.1 Å². The second-order valence-corrected chi connectivity index (χ2v) is 16.2. The quantitative estimate of drug-likeness (QED) is 0.127. The lowest BCUT2D eigenvalue weighted by Crippen LogP contribution is -2.46. The molecule has 12 nitrogen and oxygen atoms in total. The Kier molecular flexibility index (Phi) is 12.4. The Morgan fingerprint density at radius 3 is 0.913 bits per heavy atom. The highest BCUT2D eigenvalue weighted by molar-refractivity contribution is 6.61. The summed E-state index contributed by atoms with van der Waals surface area (Å²) in [6, 6.07) is 7.14. The van der Waals surface area contributed by atoms with Crippen molar-refractivity contribution in [2.75, 3.05) is 39.6 Å². The third kappa shape index (κ3) is 7.04. The molecule has 0 atom stereocenters. The molecule has 2 aromatic carbocycles. The van der Waals surface area contributed by atoms with E-state index in [0.29, 0.717) is 75.3 Å². The Labute approximate surface area is 270 Å². The van der Waals surface area contributed by atoms with Crippen LogP contribution in [0.4, 0.5) is 0 Å². The Bertz CT molecular complexity index is 1580. The summed E-state index contributed by atoms with van der Waals surface area (Å²) in [7, 11) is -5.98. The topological polar surface area (TPSA) is 134 Å². The maximum absolute atomic E-state index is 13.9. The van der Waals surface area contributed by atoms with Crippen molar-refractivity contribution in [1.82, 2.24) is 9.13 Å². The van der Waals surface area contributed by atoms with Gasteiger partial charge in [0.25, 0.3) is 22.2 Å². The zero-order chi connectivity index (χ0) is 33.5. The Balaban J connectivity index is 1.78. The number of hydrogen-bond acceptors (Lipinski definition) is 10. The highest BCUT2D eigenvalue weighted by atomic mass is 28.4. The van der Waals surface area contributed by atoms with E-state index in [9.17, 15) is 19.2 Å². The zero-order valence-corrected chi connectivity index (χ0v) is 29.8. The fourth-order valence-electron chi connectivity index (χ4n) is 6.29. The van der Waals surface area contributed by atoms with Gasteiger partial charge >= 0.3 is 17.6 Å². The summed E-state index contributed by atoms with van der Waals surface area (Å²) >= 11 is 0. The lowest BCUT2D eigenvalue weighted by atomic mass is 10.00. The van der Waals surface area contributed by atoms with Gasteiger partial charge in [0.1, 0.15) is 0 Å². The molecule has 6 aromatic rings. The standard InChI is InChI=1S/C32H46N2O10Si2/c1-7-39-45(40-8-2,41-9-3)21-13-19-33-29(35)23-15-16-24(30(33)36)28-26-18-17-25(27(23)28)31(37)34(32(26)38)20-14-22-46(42-10-4,43-11-5)44-12-6/h15-18H,7-14,19-22H2,1-6H3. The number of nitrogens with zero attached hydrogens (tertiary/aromatic N) is 2. The minimum absolute atomic E-state index is 0.103. The average Bonchev–Trinajstić information content (AvgIpc) is 3.30. The van der Waals surface area contributed by atoms with Crippen LogP contribution in [0.25, 0.3) is 32.3 Å². The van der Waals surface area contributed by atoms with E-state index in [2.05, 4.69) is 0 Å². The first kappa shape index (κ1) is 36.0. The lowest BCUT2D eigenvalue weighted by molar-refractivity contribution is 0.0697. The molecule has 0 radical (unpaired) electrons. The molecule has 0 spiro atoms. The predicted octanol–water partition coefficient (Wildman–Crippen LogP) is 3.94. The Morgan fingerprint density at radius 2 is 0.696 bits per heavy atom. The molecular weight excluding hydrogens is 629 g/mol. The maximum Gasteiger partial charge on any atom is 0.500 e. The minimum Gasteiger partial charge on any atom is -0.374 e. The van der Waals surface area contributed by atoms with Crippen molar-refractivity contribution in [1.29, 1.82) is 0 Å². The zero-order valence-electron chi connectivity index (χ0n) is 27.8. The number of benzene rings is 2. The van der Waals surface area contributed by atoms with Crippen LogP contribution in [-0.4, -0.2) is 66.4 Å². The van der Waals surface area contributed by atoms with Crippen molar-refractivity contribution < 1.29 is 26.6 Å². The van der Waals surface area contributed by atoms with Gasteiger partial charge in [0.2, 0.25) is 0 Å². The van der Waals surface area contributed by atoms with E-state index in [0.717, 1.165) is 0 Å². The van der Waals surface area contributed by atoms with Crippen molar-refractivity contribution in [2.24, 2.45) is 0 Å². The second-order valence-electron chi connectivity index (χ2n) is 10.8.